The monoisotopic (exact) mass is 326 g/mol. The third-order valence-electron chi connectivity index (χ3n) is 2.37. The lowest BCUT2D eigenvalue weighted by Crippen LogP contribution is -2.39. The van der Waals surface area contributed by atoms with E-state index < -0.39 is 11.7 Å². The predicted molar refractivity (Wildman–Crippen MR) is 77.3 cm³/mol. The average Bonchev–Trinajstić information content (AvgIpc) is 2.27. The molecular weight excluding hydrogens is 309 g/mol. The smallest absolute Gasteiger partial charge is 0.311 e. The molecule has 1 unspecified atom stereocenters. The van der Waals surface area contributed by atoms with E-state index >= 15 is 0 Å². The van der Waals surface area contributed by atoms with Crippen LogP contribution in [0.4, 0.5) is 13.2 Å². The maximum absolute atomic E-state index is 12.5. The lowest BCUT2D eigenvalue weighted by Gasteiger charge is -2.23. The summed E-state index contributed by atoms with van der Waals surface area (Å²) in [6, 6.07) is 0.917. The highest BCUT2D eigenvalue weighted by molar-refractivity contribution is 8.00. The van der Waals surface area contributed by atoms with Gasteiger partial charge in [-0.1, -0.05) is 18.5 Å². The maximum atomic E-state index is 12.5. The van der Waals surface area contributed by atoms with E-state index in [2.05, 4.69) is 10.3 Å². The van der Waals surface area contributed by atoms with Crippen molar-refractivity contribution < 1.29 is 13.2 Å². The molecule has 0 aliphatic rings. The number of thioether (sulfide) groups is 1. The number of halogens is 4. The van der Waals surface area contributed by atoms with Crippen LogP contribution in [0.15, 0.2) is 17.3 Å². The van der Waals surface area contributed by atoms with Crippen molar-refractivity contribution in [3.63, 3.8) is 0 Å². The summed E-state index contributed by atoms with van der Waals surface area (Å²) in [5.41, 5.74) is -0.834. The van der Waals surface area contributed by atoms with Gasteiger partial charge in [0.05, 0.1) is 10.6 Å². The van der Waals surface area contributed by atoms with Gasteiger partial charge in [0.2, 0.25) is 0 Å². The van der Waals surface area contributed by atoms with Crippen LogP contribution in [0.25, 0.3) is 0 Å². The fraction of sp³-hybridized carbons (Fsp3) is 0.615. The first-order chi connectivity index (χ1) is 8.99. The Morgan fingerprint density at radius 1 is 1.35 bits per heavy atom. The molecule has 0 saturated carbocycles. The van der Waals surface area contributed by atoms with Crippen LogP contribution < -0.4 is 5.32 Å². The molecule has 0 amide bonds. The summed E-state index contributed by atoms with van der Waals surface area (Å²) in [6.45, 7) is 8.83. The molecule has 0 bridgehead atoms. The molecule has 114 valence electrons. The number of alkyl halides is 3. The van der Waals surface area contributed by atoms with Gasteiger partial charge in [0.25, 0.3) is 0 Å². The van der Waals surface area contributed by atoms with Crippen LogP contribution in [-0.2, 0) is 6.18 Å². The maximum Gasteiger partial charge on any atom is 0.417 e. The Hall–Kier alpha value is -0.460. The summed E-state index contributed by atoms with van der Waals surface area (Å²) < 4.78 is 37.5. The van der Waals surface area contributed by atoms with Crippen molar-refractivity contribution >= 4 is 23.4 Å². The van der Waals surface area contributed by atoms with Crippen molar-refractivity contribution in [2.75, 3.05) is 6.54 Å². The Bertz CT molecular complexity index is 458. The van der Waals surface area contributed by atoms with E-state index in [-0.39, 0.29) is 15.8 Å². The zero-order valence-electron chi connectivity index (χ0n) is 11.8. The van der Waals surface area contributed by atoms with Gasteiger partial charge in [-0.05, 0) is 26.8 Å². The predicted octanol–water partition coefficient (Wildman–Crippen LogP) is 4.62. The summed E-state index contributed by atoms with van der Waals surface area (Å²) in [4.78, 5) is 3.81. The Balaban J connectivity index is 2.69. The molecule has 0 aliphatic carbocycles. The molecule has 1 aromatic heterocycles. The van der Waals surface area contributed by atoms with Crippen molar-refractivity contribution in [1.82, 2.24) is 10.3 Å². The largest absolute Gasteiger partial charge is 0.417 e. The molecule has 0 radical (unpaired) electrons. The normalized spacial score (nSPS) is 14.4. The Labute approximate surface area is 126 Å². The number of nitrogens with one attached hydrogen (secondary N) is 1. The summed E-state index contributed by atoms with van der Waals surface area (Å²) in [6.07, 6.45) is -3.60. The SMILES string of the molecule is CC(CNC(C)(C)C)Sc1ncc(C(F)(F)F)cc1Cl. The van der Waals surface area contributed by atoms with Gasteiger partial charge in [0.15, 0.2) is 0 Å². The number of aromatic nitrogens is 1. The Morgan fingerprint density at radius 2 is 1.95 bits per heavy atom. The van der Waals surface area contributed by atoms with Crippen LogP contribution in [-0.4, -0.2) is 22.3 Å². The molecule has 0 saturated heterocycles. The van der Waals surface area contributed by atoms with Gasteiger partial charge in [0.1, 0.15) is 5.03 Å². The van der Waals surface area contributed by atoms with Crippen molar-refractivity contribution in [1.29, 1.82) is 0 Å². The summed E-state index contributed by atoms with van der Waals surface area (Å²) in [7, 11) is 0. The second-order valence-corrected chi connectivity index (χ2v) is 7.40. The zero-order chi connectivity index (χ0) is 15.6. The molecule has 1 N–H and O–H groups in total. The van der Waals surface area contributed by atoms with Crippen LogP contribution in [0, 0.1) is 0 Å². The zero-order valence-corrected chi connectivity index (χ0v) is 13.4. The highest BCUT2D eigenvalue weighted by atomic mass is 35.5. The van der Waals surface area contributed by atoms with Crippen LogP contribution >= 0.6 is 23.4 Å². The Morgan fingerprint density at radius 3 is 2.40 bits per heavy atom. The van der Waals surface area contributed by atoms with E-state index in [0.29, 0.717) is 11.6 Å². The number of rotatable bonds is 4. The van der Waals surface area contributed by atoms with Gasteiger partial charge >= 0.3 is 6.18 Å². The molecule has 0 aromatic carbocycles. The van der Waals surface area contributed by atoms with E-state index in [1.165, 1.54) is 11.8 Å². The van der Waals surface area contributed by atoms with E-state index in [0.717, 1.165) is 12.3 Å². The molecule has 0 fully saturated rings. The minimum Gasteiger partial charge on any atom is -0.311 e. The van der Waals surface area contributed by atoms with E-state index in [9.17, 15) is 13.2 Å². The molecule has 0 spiro atoms. The molecule has 1 heterocycles. The number of hydrogen-bond acceptors (Lipinski definition) is 3. The van der Waals surface area contributed by atoms with E-state index in [1.807, 2.05) is 27.7 Å². The molecule has 1 aromatic rings. The topological polar surface area (TPSA) is 24.9 Å². The van der Waals surface area contributed by atoms with Crippen molar-refractivity contribution in [3.05, 3.63) is 22.8 Å². The highest BCUT2D eigenvalue weighted by Gasteiger charge is 2.31. The quantitative estimate of drug-likeness (QED) is 0.817. The van der Waals surface area contributed by atoms with Gasteiger partial charge in [-0.15, -0.1) is 11.8 Å². The molecule has 1 rings (SSSR count). The van der Waals surface area contributed by atoms with Crippen LogP contribution in [0.3, 0.4) is 0 Å². The van der Waals surface area contributed by atoms with Gasteiger partial charge in [-0.3, -0.25) is 0 Å². The van der Waals surface area contributed by atoms with Crippen LogP contribution in [0.1, 0.15) is 33.3 Å². The second kappa shape index (κ2) is 6.54. The summed E-state index contributed by atoms with van der Waals surface area (Å²) in [5.74, 6) is 0. The number of hydrogen-bond donors (Lipinski definition) is 1. The molecule has 0 aliphatic heterocycles. The molecule has 1 atom stereocenters. The average molecular weight is 327 g/mol. The first-order valence-electron chi connectivity index (χ1n) is 6.13. The Kier molecular flexibility index (Phi) is 5.75. The van der Waals surface area contributed by atoms with Crippen molar-refractivity contribution in [2.24, 2.45) is 0 Å². The lowest BCUT2D eigenvalue weighted by atomic mass is 10.1. The van der Waals surface area contributed by atoms with Gasteiger partial charge in [-0.25, -0.2) is 4.98 Å². The third kappa shape index (κ3) is 5.89. The fourth-order valence-electron chi connectivity index (χ4n) is 1.35. The summed E-state index contributed by atoms with van der Waals surface area (Å²) in [5, 5.41) is 3.93. The molecule has 2 nitrogen and oxygen atoms in total. The molecule has 7 heteroatoms. The second-order valence-electron chi connectivity index (χ2n) is 5.57. The molecular formula is C13H18ClF3N2S. The summed E-state index contributed by atoms with van der Waals surface area (Å²) >= 11 is 7.22. The highest BCUT2D eigenvalue weighted by Crippen LogP contribution is 2.34. The van der Waals surface area contributed by atoms with Crippen LogP contribution in [0.5, 0.6) is 0 Å². The minimum atomic E-state index is -4.42. The van der Waals surface area contributed by atoms with Gasteiger partial charge in [0, 0.05) is 23.5 Å². The van der Waals surface area contributed by atoms with E-state index in [4.69, 9.17) is 11.6 Å². The fourth-order valence-corrected chi connectivity index (χ4v) is 2.48. The number of nitrogens with zero attached hydrogens (tertiary/aromatic N) is 1. The van der Waals surface area contributed by atoms with Gasteiger partial charge < -0.3 is 5.32 Å². The number of pyridine rings is 1. The van der Waals surface area contributed by atoms with Crippen LogP contribution in [0.2, 0.25) is 5.02 Å². The lowest BCUT2D eigenvalue weighted by molar-refractivity contribution is -0.137. The third-order valence-corrected chi connectivity index (χ3v) is 3.89. The minimum absolute atomic E-state index is 0.00775. The first-order valence-corrected chi connectivity index (χ1v) is 7.39. The van der Waals surface area contributed by atoms with Crippen molar-refractivity contribution in [3.8, 4) is 0 Å². The first kappa shape index (κ1) is 17.6. The van der Waals surface area contributed by atoms with E-state index in [1.54, 1.807) is 0 Å². The molecule has 20 heavy (non-hydrogen) atoms. The van der Waals surface area contributed by atoms with Gasteiger partial charge in [-0.2, -0.15) is 13.2 Å². The standard InChI is InChI=1S/C13H18ClF3N2S/c1-8(6-19-12(2,3)4)20-11-10(14)5-9(7-18-11)13(15,16)17/h5,7-8,19H,6H2,1-4H3. The van der Waals surface area contributed by atoms with Crippen molar-refractivity contribution in [2.45, 2.75) is 49.7 Å².